The fraction of sp³-hybridized carbons (Fsp3) is 0.167. The van der Waals surface area contributed by atoms with Gasteiger partial charge >= 0.3 is 5.69 Å². The summed E-state index contributed by atoms with van der Waals surface area (Å²) in [6, 6.07) is 2.39. The van der Waals surface area contributed by atoms with E-state index in [1.807, 2.05) is 6.92 Å². The zero-order valence-corrected chi connectivity index (χ0v) is 10.8. The summed E-state index contributed by atoms with van der Waals surface area (Å²) in [5.74, 6) is -3.28. The van der Waals surface area contributed by atoms with Gasteiger partial charge in [0.1, 0.15) is 5.82 Å². The molecule has 0 saturated heterocycles. The number of H-pyrrole nitrogens is 1. The molecule has 2 N–H and O–H groups in total. The van der Waals surface area contributed by atoms with Crippen molar-refractivity contribution in [3.8, 4) is 0 Å². The van der Waals surface area contributed by atoms with Gasteiger partial charge in [-0.05, 0) is 12.5 Å². The zero-order chi connectivity index (χ0) is 15.6. The van der Waals surface area contributed by atoms with E-state index in [-0.39, 0.29) is 5.82 Å². The molecule has 0 aliphatic rings. The second-order valence-electron chi connectivity index (χ2n) is 4.13. The molecule has 0 radical (unpaired) electrons. The molecule has 1 heterocycles. The SMILES string of the molecule is CCc1cc(NC(=O)c2cc(F)c([N+](=O)[O-])cc2F)n[nH]1. The molecule has 0 spiro atoms. The van der Waals surface area contributed by atoms with Crippen molar-refractivity contribution in [1.29, 1.82) is 0 Å². The molecule has 0 atom stereocenters. The van der Waals surface area contributed by atoms with E-state index < -0.39 is 33.7 Å². The number of hydrogen-bond acceptors (Lipinski definition) is 4. The molecule has 0 saturated carbocycles. The third kappa shape index (κ3) is 3.02. The maximum atomic E-state index is 13.7. The number of aryl methyl sites for hydroxylation is 1. The highest BCUT2D eigenvalue weighted by Crippen LogP contribution is 2.22. The van der Waals surface area contributed by atoms with Crippen molar-refractivity contribution in [2.45, 2.75) is 13.3 Å². The molecule has 0 bridgehead atoms. The minimum Gasteiger partial charge on any atom is -0.305 e. The molecular formula is C12H10F2N4O3. The van der Waals surface area contributed by atoms with E-state index in [4.69, 9.17) is 0 Å². The van der Waals surface area contributed by atoms with Crippen LogP contribution in [0.4, 0.5) is 20.3 Å². The molecule has 2 rings (SSSR count). The van der Waals surface area contributed by atoms with Gasteiger partial charge in [0.15, 0.2) is 5.82 Å². The van der Waals surface area contributed by atoms with Gasteiger partial charge in [-0.15, -0.1) is 0 Å². The fourth-order valence-electron chi connectivity index (χ4n) is 1.64. The summed E-state index contributed by atoms with van der Waals surface area (Å²) >= 11 is 0. The Kier molecular flexibility index (Phi) is 3.92. The van der Waals surface area contributed by atoms with Crippen LogP contribution in [0, 0.1) is 21.7 Å². The van der Waals surface area contributed by atoms with Crippen LogP contribution >= 0.6 is 0 Å². The van der Waals surface area contributed by atoms with Gasteiger partial charge < -0.3 is 5.32 Å². The lowest BCUT2D eigenvalue weighted by Gasteiger charge is -2.04. The number of anilines is 1. The van der Waals surface area contributed by atoms with Gasteiger partial charge in [-0.3, -0.25) is 20.0 Å². The van der Waals surface area contributed by atoms with Crippen LogP contribution in [0.3, 0.4) is 0 Å². The quantitative estimate of drug-likeness (QED) is 0.668. The molecule has 0 aliphatic heterocycles. The number of nitrogens with one attached hydrogen (secondary N) is 2. The second-order valence-corrected chi connectivity index (χ2v) is 4.13. The lowest BCUT2D eigenvalue weighted by Crippen LogP contribution is -2.15. The van der Waals surface area contributed by atoms with Gasteiger partial charge in [0, 0.05) is 11.8 Å². The van der Waals surface area contributed by atoms with E-state index in [0.717, 1.165) is 5.69 Å². The topological polar surface area (TPSA) is 101 Å². The second kappa shape index (κ2) is 5.65. The maximum Gasteiger partial charge on any atom is 0.307 e. The smallest absolute Gasteiger partial charge is 0.305 e. The Morgan fingerprint density at radius 1 is 1.38 bits per heavy atom. The van der Waals surface area contributed by atoms with Crippen LogP contribution in [-0.2, 0) is 6.42 Å². The monoisotopic (exact) mass is 296 g/mol. The number of amides is 1. The molecule has 9 heteroatoms. The average molecular weight is 296 g/mol. The number of rotatable bonds is 4. The van der Waals surface area contributed by atoms with Crippen molar-refractivity contribution >= 4 is 17.4 Å². The third-order valence-corrected chi connectivity index (χ3v) is 2.73. The molecule has 21 heavy (non-hydrogen) atoms. The molecule has 0 aliphatic carbocycles. The van der Waals surface area contributed by atoms with Crippen LogP contribution in [0.25, 0.3) is 0 Å². The Hall–Kier alpha value is -2.84. The summed E-state index contributed by atoms with van der Waals surface area (Å²) in [7, 11) is 0. The number of benzene rings is 1. The number of aromatic amines is 1. The number of aromatic nitrogens is 2. The molecular weight excluding hydrogens is 286 g/mol. The standard InChI is InChI=1S/C12H10F2N4O3/c1-2-6-3-11(17-16-6)15-12(19)7-4-9(14)10(18(20)21)5-8(7)13/h3-5H,2H2,1H3,(H2,15,16,17,19). The zero-order valence-electron chi connectivity index (χ0n) is 10.8. The molecule has 0 unspecified atom stereocenters. The minimum atomic E-state index is -1.29. The summed E-state index contributed by atoms with van der Waals surface area (Å²) in [6.45, 7) is 1.87. The Bertz CT molecular complexity index is 715. The molecule has 7 nitrogen and oxygen atoms in total. The highest BCUT2D eigenvalue weighted by molar-refractivity contribution is 6.04. The first-order chi connectivity index (χ1) is 9.92. The van der Waals surface area contributed by atoms with Crippen molar-refractivity contribution in [2.24, 2.45) is 0 Å². The highest BCUT2D eigenvalue weighted by Gasteiger charge is 2.22. The molecule has 1 aromatic carbocycles. The molecule has 1 aromatic heterocycles. The van der Waals surface area contributed by atoms with Crippen molar-refractivity contribution in [3.05, 3.63) is 51.2 Å². The average Bonchev–Trinajstić information content (AvgIpc) is 2.88. The number of nitro benzene ring substituents is 1. The number of nitro groups is 1. The van der Waals surface area contributed by atoms with Crippen LogP contribution in [-0.4, -0.2) is 21.0 Å². The van der Waals surface area contributed by atoms with E-state index in [1.165, 1.54) is 6.07 Å². The predicted molar refractivity (Wildman–Crippen MR) is 68.9 cm³/mol. The number of carbonyl (C=O) groups excluding carboxylic acids is 1. The third-order valence-electron chi connectivity index (χ3n) is 2.73. The summed E-state index contributed by atoms with van der Waals surface area (Å²) in [4.78, 5) is 21.2. The Labute approximate surface area is 117 Å². The number of nitrogens with zero attached hydrogens (tertiary/aromatic N) is 2. The van der Waals surface area contributed by atoms with Gasteiger partial charge in [0.2, 0.25) is 5.82 Å². The van der Waals surface area contributed by atoms with E-state index in [1.54, 1.807) is 0 Å². The number of hydrogen-bond donors (Lipinski definition) is 2. The molecule has 110 valence electrons. The van der Waals surface area contributed by atoms with Crippen molar-refractivity contribution in [1.82, 2.24) is 10.2 Å². The lowest BCUT2D eigenvalue weighted by molar-refractivity contribution is -0.387. The van der Waals surface area contributed by atoms with E-state index >= 15 is 0 Å². The van der Waals surface area contributed by atoms with Crippen molar-refractivity contribution in [2.75, 3.05) is 5.32 Å². The van der Waals surface area contributed by atoms with Crippen LogP contribution < -0.4 is 5.32 Å². The van der Waals surface area contributed by atoms with E-state index in [2.05, 4.69) is 15.5 Å². The largest absolute Gasteiger partial charge is 0.307 e. The van der Waals surface area contributed by atoms with Gasteiger partial charge in [0.25, 0.3) is 5.91 Å². The van der Waals surface area contributed by atoms with E-state index in [9.17, 15) is 23.7 Å². The van der Waals surface area contributed by atoms with Crippen LogP contribution in [0.5, 0.6) is 0 Å². The Morgan fingerprint density at radius 2 is 2.10 bits per heavy atom. The van der Waals surface area contributed by atoms with Gasteiger partial charge in [0.05, 0.1) is 16.6 Å². The van der Waals surface area contributed by atoms with Gasteiger partial charge in [-0.2, -0.15) is 9.49 Å². The summed E-state index contributed by atoms with van der Waals surface area (Å²) in [5.41, 5.74) is -0.920. The molecule has 2 aromatic rings. The normalized spacial score (nSPS) is 10.4. The van der Waals surface area contributed by atoms with Crippen LogP contribution in [0.15, 0.2) is 18.2 Å². The van der Waals surface area contributed by atoms with Crippen molar-refractivity contribution < 1.29 is 18.5 Å². The van der Waals surface area contributed by atoms with Crippen LogP contribution in [0.1, 0.15) is 23.0 Å². The van der Waals surface area contributed by atoms with E-state index in [0.29, 0.717) is 18.6 Å². The van der Waals surface area contributed by atoms with Crippen LogP contribution in [0.2, 0.25) is 0 Å². The van der Waals surface area contributed by atoms with Gasteiger partial charge in [-0.25, -0.2) is 4.39 Å². The predicted octanol–water partition coefficient (Wildman–Crippen LogP) is 2.41. The number of carbonyl (C=O) groups is 1. The summed E-state index contributed by atoms with van der Waals surface area (Å²) < 4.78 is 27.1. The number of halogens is 2. The fourth-order valence-corrected chi connectivity index (χ4v) is 1.64. The minimum absolute atomic E-state index is 0.148. The summed E-state index contributed by atoms with van der Waals surface area (Å²) in [6.07, 6.45) is 0.656. The Morgan fingerprint density at radius 3 is 2.67 bits per heavy atom. The lowest BCUT2D eigenvalue weighted by atomic mass is 10.1. The first kappa shape index (κ1) is 14.6. The summed E-state index contributed by atoms with van der Waals surface area (Å²) in [5, 5.41) is 19.1. The molecule has 1 amide bonds. The first-order valence-corrected chi connectivity index (χ1v) is 5.91. The molecule has 0 fully saturated rings. The highest BCUT2D eigenvalue weighted by atomic mass is 19.1. The maximum absolute atomic E-state index is 13.7. The van der Waals surface area contributed by atoms with Gasteiger partial charge in [-0.1, -0.05) is 6.92 Å². The first-order valence-electron chi connectivity index (χ1n) is 5.91. The van der Waals surface area contributed by atoms with Crippen molar-refractivity contribution in [3.63, 3.8) is 0 Å². The Balaban J connectivity index is 2.27.